The van der Waals surface area contributed by atoms with E-state index in [0.717, 1.165) is 60.6 Å². The Morgan fingerprint density at radius 1 is 0.964 bits per heavy atom. The Balaban J connectivity index is 1.30. The predicted octanol–water partition coefficient (Wildman–Crippen LogP) is 4.65. The summed E-state index contributed by atoms with van der Waals surface area (Å²) in [5.41, 5.74) is 4.09. The number of aromatic nitrogens is 1. The van der Waals surface area contributed by atoms with E-state index in [1.54, 1.807) is 11.3 Å². The van der Waals surface area contributed by atoms with Crippen molar-refractivity contribution in [1.82, 2.24) is 14.8 Å². The molecule has 28 heavy (non-hydrogen) atoms. The Kier molecular flexibility index (Phi) is 6.04. The van der Waals surface area contributed by atoms with Crippen molar-refractivity contribution in [3.8, 4) is 16.6 Å². The Labute approximate surface area is 174 Å². The Morgan fingerprint density at radius 3 is 2.32 bits per heavy atom. The van der Waals surface area contributed by atoms with E-state index in [0.29, 0.717) is 5.56 Å². The van der Waals surface area contributed by atoms with Crippen molar-refractivity contribution in [3.05, 3.63) is 75.8 Å². The fourth-order valence-corrected chi connectivity index (χ4v) is 4.55. The van der Waals surface area contributed by atoms with Gasteiger partial charge in [-0.15, -0.1) is 11.3 Å². The Hall–Kier alpha value is -2.23. The second-order valence-electron chi connectivity index (χ2n) is 6.98. The van der Waals surface area contributed by atoms with Gasteiger partial charge < -0.3 is 0 Å². The largest absolute Gasteiger partial charge is 0.297 e. The quantitative estimate of drug-likeness (QED) is 0.616. The molecule has 1 fully saturated rings. The maximum Gasteiger partial charge on any atom is 0.125 e. The zero-order chi connectivity index (χ0) is 19.3. The van der Waals surface area contributed by atoms with Crippen LogP contribution in [0.2, 0.25) is 5.02 Å². The fourth-order valence-electron chi connectivity index (χ4n) is 3.42. The molecule has 2 heterocycles. The van der Waals surface area contributed by atoms with Crippen LogP contribution in [0, 0.1) is 11.3 Å². The SMILES string of the molecule is N#Cc1ccc(CN2CCN(Cc3csc(-c4ccccc4Cl)n3)CC2)cc1. The van der Waals surface area contributed by atoms with Crippen LogP contribution in [0.15, 0.2) is 53.9 Å². The smallest absolute Gasteiger partial charge is 0.125 e. The summed E-state index contributed by atoms with van der Waals surface area (Å²) in [5, 5.41) is 12.8. The molecule has 1 aliphatic heterocycles. The third-order valence-electron chi connectivity index (χ3n) is 5.00. The summed E-state index contributed by atoms with van der Waals surface area (Å²) in [7, 11) is 0. The van der Waals surface area contributed by atoms with Gasteiger partial charge in [0.05, 0.1) is 22.3 Å². The van der Waals surface area contributed by atoms with E-state index in [1.807, 2.05) is 36.4 Å². The lowest BCUT2D eigenvalue weighted by Gasteiger charge is -2.34. The predicted molar refractivity (Wildman–Crippen MR) is 114 cm³/mol. The van der Waals surface area contributed by atoms with E-state index in [2.05, 4.69) is 33.4 Å². The molecule has 0 spiro atoms. The Morgan fingerprint density at radius 2 is 1.64 bits per heavy atom. The number of rotatable bonds is 5. The molecular formula is C22H21ClN4S. The van der Waals surface area contributed by atoms with E-state index < -0.39 is 0 Å². The molecule has 0 aliphatic carbocycles. The minimum atomic E-state index is 0.716. The standard InChI is InChI=1S/C22H21ClN4S/c23-21-4-2-1-3-20(21)22-25-19(16-28-22)15-27-11-9-26(10-12-27)14-18-7-5-17(13-24)6-8-18/h1-8,16H,9-12,14-15H2. The molecule has 0 N–H and O–H groups in total. The van der Waals surface area contributed by atoms with Crippen molar-refractivity contribution >= 4 is 22.9 Å². The van der Waals surface area contributed by atoms with Crippen LogP contribution in [0.4, 0.5) is 0 Å². The number of halogens is 1. The molecule has 3 aromatic rings. The second-order valence-corrected chi connectivity index (χ2v) is 8.25. The molecule has 4 rings (SSSR count). The van der Waals surface area contributed by atoms with Gasteiger partial charge in [-0.25, -0.2) is 4.98 Å². The van der Waals surface area contributed by atoms with Crippen molar-refractivity contribution < 1.29 is 0 Å². The highest BCUT2D eigenvalue weighted by Crippen LogP contribution is 2.30. The molecule has 1 aromatic heterocycles. The maximum absolute atomic E-state index is 8.90. The van der Waals surface area contributed by atoms with Gasteiger partial charge in [0, 0.05) is 50.2 Å². The van der Waals surface area contributed by atoms with Gasteiger partial charge in [-0.1, -0.05) is 41.9 Å². The third kappa shape index (κ3) is 4.60. The number of nitriles is 1. The first-order chi connectivity index (χ1) is 13.7. The van der Waals surface area contributed by atoms with Gasteiger partial charge in [0.25, 0.3) is 0 Å². The van der Waals surface area contributed by atoms with Crippen LogP contribution >= 0.6 is 22.9 Å². The first kappa shape index (κ1) is 19.1. The van der Waals surface area contributed by atoms with Crippen LogP contribution < -0.4 is 0 Å². The van der Waals surface area contributed by atoms with E-state index in [1.165, 1.54) is 5.56 Å². The van der Waals surface area contributed by atoms with Crippen molar-refractivity contribution in [3.63, 3.8) is 0 Å². The Bertz CT molecular complexity index is 969. The van der Waals surface area contributed by atoms with Crippen molar-refractivity contribution in [2.75, 3.05) is 26.2 Å². The van der Waals surface area contributed by atoms with Gasteiger partial charge in [-0.2, -0.15) is 5.26 Å². The van der Waals surface area contributed by atoms with Gasteiger partial charge in [-0.05, 0) is 23.8 Å². The van der Waals surface area contributed by atoms with Crippen LogP contribution in [-0.4, -0.2) is 41.0 Å². The summed E-state index contributed by atoms with van der Waals surface area (Å²) < 4.78 is 0. The van der Waals surface area contributed by atoms with E-state index in [9.17, 15) is 0 Å². The average Bonchev–Trinajstić information content (AvgIpc) is 3.18. The summed E-state index contributed by atoms with van der Waals surface area (Å²) in [6.07, 6.45) is 0. The van der Waals surface area contributed by atoms with Gasteiger partial charge in [0.15, 0.2) is 0 Å². The van der Waals surface area contributed by atoms with Gasteiger partial charge >= 0.3 is 0 Å². The van der Waals surface area contributed by atoms with Crippen molar-refractivity contribution in [1.29, 1.82) is 5.26 Å². The molecule has 6 heteroatoms. The monoisotopic (exact) mass is 408 g/mol. The number of hydrogen-bond donors (Lipinski definition) is 0. The van der Waals surface area contributed by atoms with Crippen molar-refractivity contribution in [2.24, 2.45) is 0 Å². The van der Waals surface area contributed by atoms with Crippen LogP contribution in [0.1, 0.15) is 16.8 Å². The lowest BCUT2D eigenvalue weighted by atomic mass is 10.1. The first-order valence-electron chi connectivity index (χ1n) is 9.34. The van der Waals surface area contributed by atoms with Crippen LogP contribution in [0.3, 0.4) is 0 Å². The molecule has 0 radical (unpaired) electrons. The zero-order valence-electron chi connectivity index (χ0n) is 15.5. The average molecular weight is 409 g/mol. The minimum Gasteiger partial charge on any atom is -0.297 e. The molecule has 0 unspecified atom stereocenters. The van der Waals surface area contributed by atoms with E-state index >= 15 is 0 Å². The molecule has 0 atom stereocenters. The number of nitrogens with zero attached hydrogens (tertiary/aromatic N) is 4. The summed E-state index contributed by atoms with van der Waals surface area (Å²) >= 11 is 7.95. The van der Waals surface area contributed by atoms with Crippen LogP contribution in [0.25, 0.3) is 10.6 Å². The summed E-state index contributed by atoms with van der Waals surface area (Å²) in [5.74, 6) is 0. The van der Waals surface area contributed by atoms with Crippen LogP contribution in [0.5, 0.6) is 0 Å². The first-order valence-corrected chi connectivity index (χ1v) is 10.6. The van der Waals surface area contributed by atoms with Crippen LogP contribution in [-0.2, 0) is 13.1 Å². The minimum absolute atomic E-state index is 0.716. The highest BCUT2D eigenvalue weighted by atomic mass is 35.5. The van der Waals surface area contributed by atoms with Gasteiger partial charge in [0.2, 0.25) is 0 Å². The molecule has 4 nitrogen and oxygen atoms in total. The highest BCUT2D eigenvalue weighted by Gasteiger charge is 2.18. The number of piperazine rings is 1. The molecule has 1 saturated heterocycles. The van der Waals surface area contributed by atoms with E-state index in [-0.39, 0.29) is 0 Å². The van der Waals surface area contributed by atoms with E-state index in [4.69, 9.17) is 21.8 Å². The summed E-state index contributed by atoms with van der Waals surface area (Å²) in [6, 6.07) is 17.9. The fraction of sp³-hybridized carbons (Fsp3) is 0.273. The zero-order valence-corrected chi connectivity index (χ0v) is 17.1. The summed E-state index contributed by atoms with van der Waals surface area (Å²) in [6.45, 7) is 5.98. The molecule has 0 saturated carbocycles. The third-order valence-corrected chi connectivity index (χ3v) is 6.25. The highest BCUT2D eigenvalue weighted by molar-refractivity contribution is 7.13. The molecule has 142 valence electrons. The summed E-state index contributed by atoms with van der Waals surface area (Å²) in [4.78, 5) is 9.72. The molecular weight excluding hydrogens is 388 g/mol. The normalized spacial score (nSPS) is 15.4. The second kappa shape index (κ2) is 8.85. The topological polar surface area (TPSA) is 43.2 Å². The number of benzene rings is 2. The lowest BCUT2D eigenvalue weighted by Crippen LogP contribution is -2.45. The number of thiazole rings is 1. The molecule has 0 bridgehead atoms. The maximum atomic E-state index is 8.90. The van der Waals surface area contributed by atoms with Crippen molar-refractivity contribution in [2.45, 2.75) is 13.1 Å². The number of hydrogen-bond acceptors (Lipinski definition) is 5. The molecule has 1 aliphatic rings. The molecule has 2 aromatic carbocycles. The van der Waals surface area contributed by atoms with Gasteiger partial charge in [-0.3, -0.25) is 9.80 Å². The van der Waals surface area contributed by atoms with Gasteiger partial charge in [0.1, 0.15) is 5.01 Å². The molecule has 0 amide bonds. The lowest BCUT2D eigenvalue weighted by molar-refractivity contribution is 0.121.